The number of nitrogens with zero attached hydrogens (tertiary/aromatic N) is 1. The maximum absolute atomic E-state index is 12.3. The number of hydrogen-bond donors (Lipinski definition) is 1. The molecule has 0 bridgehead atoms. The molecule has 22 heavy (non-hydrogen) atoms. The lowest BCUT2D eigenvalue weighted by Crippen LogP contribution is -2.32. The number of rotatable bonds is 6. The zero-order valence-corrected chi connectivity index (χ0v) is 14.1. The first-order valence-electron chi connectivity index (χ1n) is 8.36. The summed E-state index contributed by atoms with van der Waals surface area (Å²) in [5.41, 5.74) is 1.21. The van der Waals surface area contributed by atoms with Gasteiger partial charge in [0.15, 0.2) is 5.76 Å². The summed E-state index contributed by atoms with van der Waals surface area (Å²) >= 11 is 0. The van der Waals surface area contributed by atoms with Gasteiger partial charge in [0.05, 0.1) is 18.4 Å². The Kier molecular flexibility index (Phi) is 6.00. The second-order valence-electron chi connectivity index (χ2n) is 6.59. The summed E-state index contributed by atoms with van der Waals surface area (Å²) in [5.74, 6) is 1.29. The molecule has 0 aliphatic heterocycles. The van der Waals surface area contributed by atoms with Crippen LogP contribution in [-0.4, -0.2) is 30.3 Å². The molecule has 0 saturated heterocycles. The van der Waals surface area contributed by atoms with Crippen molar-refractivity contribution in [2.24, 2.45) is 5.92 Å². The van der Waals surface area contributed by atoms with Gasteiger partial charge >= 0.3 is 0 Å². The van der Waals surface area contributed by atoms with Gasteiger partial charge in [-0.2, -0.15) is 0 Å². The lowest BCUT2D eigenvalue weighted by molar-refractivity contribution is -0.00294. The normalized spacial score (nSPS) is 22.0. The van der Waals surface area contributed by atoms with Crippen LogP contribution in [0.25, 0.3) is 0 Å². The Bertz CT molecular complexity index is 496. The smallest absolute Gasteiger partial charge is 0.256 e. The van der Waals surface area contributed by atoms with Crippen molar-refractivity contribution in [1.29, 1.82) is 0 Å². The number of aryl methyl sites for hydroxylation is 1. The molecule has 1 aromatic heterocycles. The number of nitrogens with one attached hydrogen (secondary N) is 1. The van der Waals surface area contributed by atoms with Crippen molar-refractivity contribution in [3.63, 3.8) is 0 Å². The molecule has 0 aromatic carbocycles. The summed E-state index contributed by atoms with van der Waals surface area (Å²) in [4.78, 5) is 12.3. The Morgan fingerprint density at radius 1 is 1.41 bits per heavy atom. The van der Waals surface area contributed by atoms with E-state index in [2.05, 4.69) is 17.4 Å². The van der Waals surface area contributed by atoms with Crippen molar-refractivity contribution in [2.75, 3.05) is 13.2 Å². The van der Waals surface area contributed by atoms with E-state index < -0.39 is 0 Å². The lowest BCUT2D eigenvalue weighted by Gasteiger charge is -2.28. The quantitative estimate of drug-likeness (QED) is 0.818. The highest BCUT2D eigenvalue weighted by molar-refractivity contribution is 5.96. The van der Waals surface area contributed by atoms with E-state index in [1.54, 1.807) is 6.92 Å². The number of carbonyl (C=O) groups excluding carboxylic acids is 1. The Morgan fingerprint density at radius 2 is 2.14 bits per heavy atom. The summed E-state index contributed by atoms with van der Waals surface area (Å²) in [5, 5.41) is 6.82. The van der Waals surface area contributed by atoms with Crippen LogP contribution in [0, 0.1) is 12.8 Å². The van der Waals surface area contributed by atoms with E-state index in [4.69, 9.17) is 9.26 Å². The van der Waals surface area contributed by atoms with Crippen LogP contribution < -0.4 is 5.32 Å². The minimum atomic E-state index is -0.122. The van der Waals surface area contributed by atoms with Crippen molar-refractivity contribution in [2.45, 2.75) is 65.4 Å². The topological polar surface area (TPSA) is 64.4 Å². The molecular formula is C17H28N2O3. The molecule has 0 unspecified atom stereocenters. The van der Waals surface area contributed by atoms with Gasteiger partial charge in [0.25, 0.3) is 5.91 Å². The van der Waals surface area contributed by atoms with Gasteiger partial charge in [-0.1, -0.05) is 38.8 Å². The van der Waals surface area contributed by atoms with Gasteiger partial charge in [-0.05, 0) is 25.7 Å². The van der Waals surface area contributed by atoms with Gasteiger partial charge in [0.2, 0.25) is 0 Å². The highest BCUT2D eigenvalue weighted by Crippen LogP contribution is 2.26. The number of ether oxygens (including phenoxy) is 1. The third kappa shape index (κ3) is 4.09. The minimum absolute atomic E-state index is 0.122. The van der Waals surface area contributed by atoms with E-state index in [9.17, 15) is 4.79 Å². The molecule has 1 fully saturated rings. The SMILES string of the molecule is Cc1noc(C(C)C)c1C(=O)NCCO[C@@H]1CCCC[C@@H]1C. The lowest BCUT2D eigenvalue weighted by atomic mass is 9.88. The Hall–Kier alpha value is -1.36. The first kappa shape index (κ1) is 17.0. The molecule has 0 radical (unpaired) electrons. The maximum Gasteiger partial charge on any atom is 0.256 e. The molecular weight excluding hydrogens is 280 g/mol. The summed E-state index contributed by atoms with van der Waals surface area (Å²) in [7, 11) is 0. The number of carbonyl (C=O) groups is 1. The molecule has 1 N–H and O–H groups in total. The van der Waals surface area contributed by atoms with Gasteiger partial charge in [-0.15, -0.1) is 0 Å². The second kappa shape index (κ2) is 7.77. The maximum atomic E-state index is 12.3. The zero-order chi connectivity index (χ0) is 16.1. The Morgan fingerprint density at radius 3 is 2.82 bits per heavy atom. The minimum Gasteiger partial charge on any atom is -0.376 e. The standard InChI is InChI=1S/C17H28N2O3/c1-11(2)16-15(13(4)19-22-16)17(20)18-9-10-21-14-8-6-5-7-12(14)3/h11-12,14H,5-10H2,1-4H3,(H,18,20)/t12-,14+/m0/s1. The van der Waals surface area contributed by atoms with Crippen LogP contribution in [0.15, 0.2) is 4.52 Å². The van der Waals surface area contributed by atoms with Gasteiger partial charge in [-0.25, -0.2) is 0 Å². The van der Waals surface area contributed by atoms with E-state index in [1.165, 1.54) is 19.3 Å². The number of amides is 1. The van der Waals surface area contributed by atoms with Crippen molar-refractivity contribution < 1.29 is 14.1 Å². The van der Waals surface area contributed by atoms with Crippen molar-refractivity contribution >= 4 is 5.91 Å². The van der Waals surface area contributed by atoms with Crippen LogP contribution in [-0.2, 0) is 4.74 Å². The third-order valence-corrected chi connectivity index (χ3v) is 4.39. The van der Waals surface area contributed by atoms with Crippen molar-refractivity contribution in [3.8, 4) is 0 Å². The summed E-state index contributed by atoms with van der Waals surface area (Å²) in [6, 6.07) is 0. The second-order valence-corrected chi connectivity index (χ2v) is 6.59. The van der Waals surface area contributed by atoms with E-state index in [0.717, 1.165) is 6.42 Å². The van der Waals surface area contributed by atoms with E-state index in [0.29, 0.717) is 42.2 Å². The first-order valence-corrected chi connectivity index (χ1v) is 8.36. The molecule has 1 aromatic rings. The fourth-order valence-electron chi connectivity index (χ4n) is 3.05. The van der Waals surface area contributed by atoms with Gasteiger partial charge in [-0.3, -0.25) is 4.79 Å². The molecule has 2 atom stereocenters. The zero-order valence-electron chi connectivity index (χ0n) is 14.1. The first-order chi connectivity index (χ1) is 10.5. The third-order valence-electron chi connectivity index (χ3n) is 4.39. The highest BCUT2D eigenvalue weighted by atomic mass is 16.5. The van der Waals surface area contributed by atoms with Gasteiger partial charge in [0.1, 0.15) is 5.56 Å². The average molecular weight is 308 g/mol. The molecule has 5 heteroatoms. The number of aromatic nitrogens is 1. The molecule has 0 spiro atoms. The van der Waals surface area contributed by atoms with E-state index in [1.807, 2.05) is 13.8 Å². The molecule has 2 rings (SSSR count). The van der Waals surface area contributed by atoms with Crippen molar-refractivity contribution in [1.82, 2.24) is 10.5 Å². The molecule has 5 nitrogen and oxygen atoms in total. The fraction of sp³-hybridized carbons (Fsp3) is 0.765. The summed E-state index contributed by atoms with van der Waals surface area (Å²) in [6.45, 7) is 9.10. The summed E-state index contributed by atoms with van der Waals surface area (Å²) in [6.07, 6.45) is 5.28. The van der Waals surface area contributed by atoms with Gasteiger partial charge in [0, 0.05) is 12.5 Å². The van der Waals surface area contributed by atoms with Crippen LogP contribution in [0.5, 0.6) is 0 Å². The predicted molar refractivity (Wildman–Crippen MR) is 85.0 cm³/mol. The van der Waals surface area contributed by atoms with Crippen LogP contribution in [0.1, 0.15) is 74.2 Å². The average Bonchev–Trinajstić information content (AvgIpc) is 2.87. The molecule has 1 aliphatic carbocycles. The highest BCUT2D eigenvalue weighted by Gasteiger charge is 2.23. The van der Waals surface area contributed by atoms with Crippen LogP contribution in [0.4, 0.5) is 0 Å². The molecule has 1 amide bonds. The molecule has 124 valence electrons. The van der Waals surface area contributed by atoms with E-state index >= 15 is 0 Å². The predicted octanol–water partition coefficient (Wildman–Crippen LogP) is 3.43. The Balaban J connectivity index is 1.79. The monoisotopic (exact) mass is 308 g/mol. The Labute approximate surface area is 132 Å². The largest absolute Gasteiger partial charge is 0.376 e. The van der Waals surface area contributed by atoms with Gasteiger partial charge < -0.3 is 14.6 Å². The molecule has 1 heterocycles. The number of hydrogen-bond acceptors (Lipinski definition) is 4. The van der Waals surface area contributed by atoms with Crippen LogP contribution in [0.2, 0.25) is 0 Å². The van der Waals surface area contributed by atoms with Crippen molar-refractivity contribution in [3.05, 3.63) is 17.0 Å². The summed E-state index contributed by atoms with van der Waals surface area (Å²) < 4.78 is 11.2. The molecule has 1 aliphatic rings. The van der Waals surface area contributed by atoms with Crippen LogP contribution >= 0.6 is 0 Å². The van der Waals surface area contributed by atoms with Crippen LogP contribution in [0.3, 0.4) is 0 Å². The molecule has 1 saturated carbocycles. The fourth-order valence-corrected chi connectivity index (χ4v) is 3.05. The van der Waals surface area contributed by atoms with E-state index in [-0.39, 0.29) is 11.8 Å².